The van der Waals surface area contributed by atoms with E-state index in [1.807, 2.05) is 0 Å². The van der Waals surface area contributed by atoms with Crippen LogP contribution < -0.4 is 0 Å². The van der Waals surface area contributed by atoms with E-state index in [4.69, 9.17) is 5.53 Å². The molecule has 0 aromatic carbocycles. The molecule has 56 valence electrons. The molecule has 0 bridgehead atoms. The molecule has 0 fully saturated rings. The fraction of sp³-hybridized carbons (Fsp3) is 0. The van der Waals surface area contributed by atoms with E-state index in [2.05, 4.69) is 15.0 Å². The number of nitrogens with zero attached hydrogens (tertiary/aromatic N) is 6. The van der Waals surface area contributed by atoms with Crippen LogP contribution in [0.25, 0.3) is 10.4 Å². The first-order valence-electron chi connectivity index (χ1n) is 2.49. The number of hydrogen-bond acceptors (Lipinski definition) is 4. The van der Waals surface area contributed by atoms with Gasteiger partial charge in [0, 0.05) is 4.91 Å². The van der Waals surface area contributed by atoms with E-state index in [9.17, 15) is 10.1 Å². The minimum absolute atomic E-state index is 0.280. The van der Waals surface area contributed by atoms with E-state index >= 15 is 0 Å². The summed E-state index contributed by atoms with van der Waals surface area (Å²) in [6, 6.07) is 0. The Morgan fingerprint density at radius 2 is 2.64 bits per heavy atom. The Balaban J connectivity index is 3.15. The Bertz CT molecular complexity index is 306. The van der Waals surface area contributed by atoms with Crippen LogP contribution in [0.5, 0.6) is 0 Å². The zero-order valence-electron chi connectivity index (χ0n) is 5.15. The predicted molar refractivity (Wildman–Crippen MR) is 33.4 cm³/mol. The highest BCUT2D eigenvalue weighted by atomic mass is 16.7. The maximum absolute atomic E-state index is 10.1. The van der Waals surface area contributed by atoms with Crippen molar-refractivity contribution in [3.63, 3.8) is 0 Å². The fourth-order valence-electron chi connectivity index (χ4n) is 0.528. The Kier molecular flexibility index (Phi) is 1.71. The molecule has 0 amide bonds. The molecule has 0 aliphatic rings. The molecular formula is C3H2N6O2. The Morgan fingerprint density at radius 3 is 3.18 bits per heavy atom. The summed E-state index contributed by atoms with van der Waals surface area (Å²) in [6.45, 7) is 0. The van der Waals surface area contributed by atoms with Crippen LogP contribution in [-0.2, 0) is 0 Å². The van der Waals surface area contributed by atoms with Crippen LogP contribution in [0, 0.1) is 10.1 Å². The van der Waals surface area contributed by atoms with Gasteiger partial charge in [0.05, 0.1) is 12.4 Å². The standard InChI is InChI=1S/C3H2N6O2/c4-7-6-3-5-1-2-8(3)9(10)11/h1-2H. The number of rotatable bonds is 2. The van der Waals surface area contributed by atoms with Crippen molar-refractivity contribution in [3.8, 4) is 0 Å². The lowest BCUT2D eigenvalue weighted by Gasteiger charge is -1.88. The van der Waals surface area contributed by atoms with Crippen molar-refractivity contribution < 1.29 is 5.03 Å². The second-order valence-electron chi connectivity index (χ2n) is 1.50. The summed E-state index contributed by atoms with van der Waals surface area (Å²) in [6.07, 6.45) is 2.26. The summed E-state index contributed by atoms with van der Waals surface area (Å²) in [5.41, 5.74) is 7.93. The summed E-state index contributed by atoms with van der Waals surface area (Å²) in [5.74, 6) is -0.280. The number of nitro groups is 1. The van der Waals surface area contributed by atoms with Crippen LogP contribution in [-0.4, -0.2) is 14.7 Å². The first-order chi connectivity index (χ1) is 5.25. The molecule has 0 N–H and O–H groups in total. The summed E-state index contributed by atoms with van der Waals surface area (Å²) in [4.78, 5) is 15.9. The highest BCUT2D eigenvalue weighted by Crippen LogP contribution is 2.06. The number of hydrogen-bond donors (Lipinski definition) is 0. The molecule has 0 saturated heterocycles. The fourth-order valence-corrected chi connectivity index (χ4v) is 0.528. The normalized spacial score (nSPS) is 8.73. The largest absolute Gasteiger partial charge is 0.263 e. The smallest absolute Gasteiger partial charge is 0.234 e. The number of imidazole rings is 1. The van der Waals surface area contributed by atoms with Crippen molar-refractivity contribution in [1.82, 2.24) is 9.66 Å². The third-order valence-electron chi connectivity index (χ3n) is 0.913. The molecule has 0 atom stereocenters. The van der Waals surface area contributed by atoms with Crippen molar-refractivity contribution in [1.29, 1.82) is 0 Å². The molecule has 1 heterocycles. The minimum Gasteiger partial charge on any atom is -0.234 e. The van der Waals surface area contributed by atoms with Crippen molar-refractivity contribution in [2.45, 2.75) is 0 Å². The second-order valence-corrected chi connectivity index (χ2v) is 1.50. The summed E-state index contributed by atoms with van der Waals surface area (Å²) >= 11 is 0. The number of azide groups is 1. The van der Waals surface area contributed by atoms with E-state index in [0.717, 1.165) is 6.20 Å². The molecule has 0 spiro atoms. The van der Waals surface area contributed by atoms with Gasteiger partial charge in [0.1, 0.15) is 0 Å². The summed E-state index contributed by atoms with van der Waals surface area (Å²) in [5, 5.41) is 12.3. The van der Waals surface area contributed by atoms with E-state index in [1.54, 1.807) is 0 Å². The van der Waals surface area contributed by atoms with Gasteiger partial charge in [-0.2, -0.15) is 0 Å². The van der Waals surface area contributed by atoms with Crippen molar-refractivity contribution >= 4 is 5.95 Å². The lowest BCUT2D eigenvalue weighted by atomic mass is 11.0. The first kappa shape index (κ1) is 7.03. The van der Waals surface area contributed by atoms with Crippen LogP contribution >= 0.6 is 0 Å². The molecule has 1 aromatic rings. The van der Waals surface area contributed by atoms with Gasteiger partial charge in [0.15, 0.2) is 5.03 Å². The summed E-state index contributed by atoms with van der Waals surface area (Å²) < 4.78 is 0.527. The van der Waals surface area contributed by atoms with Crippen molar-refractivity contribution in [2.75, 3.05) is 0 Å². The highest BCUT2D eigenvalue weighted by molar-refractivity contribution is 5.13. The van der Waals surface area contributed by atoms with Crippen LogP contribution in [0.2, 0.25) is 0 Å². The highest BCUT2D eigenvalue weighted by Gasteiger charge is 2.07. The molecule has 0 aliphatic heterocycles. The van der Waals surface area contributed by atoms with Gasteiger partial charge in [0.25, 0.3) is 5.95 Å². The molecule has 11 heavy (non-hydrogen) atoms. The molecule has 8 nitrogen and oxygen atoms in total. The summed E-state index contributed by atoms with van der Waals surface area (Å²) in [7, 11) is 0. The van der Waals surface area contributed by atoms with Crippen LogP contribution in [0.1, 0.15) is 0 Å². The van der Waals surface area contributed by atoms with Gasteiger partial charge >= 0.3 is 0 Å². The average molecular weight is 154 g/mol. The molecule has 1 rings (SSSR count). The zero-order chi connectivity index (χ0) is 8.27. The van der Waals surface area contributed by atoms with Crippen molar-refractivity contribution in [3.05, 3.63) is 33.0 Å². The van der Waals surface area contributed by atoms with Gasteiger partial charge in [0.2, 0.25) is 0 Å². The molecular weight excluding hydrogens is 152 g/mol. The topological polar surface area (TPSA) is 110 Å². The maximum atomic E-state index is 10.1. The number of aromatic nitrogens is 2. The van der Waals surface area contributed by atoms with Gasteiger partial charge in [-0.15, -0.1) is 0 Å². The van der Waals surface area contributed by atoms with E-state index < -0.39 is 5.03 Å². The quantitative estimate of drug-likeness (QED) is 0.207. The SMILES string of the molecule is [N-]=[N+]=Nc1nccn1[N+](=O)[O-]. The minimum atomic E-state index is -0.739. The maximum Gasteiger partial charge on any atom is 0.263 e. The molecule has 1 aromatic heterocycles. The van der Waals surface area contributed by atoms with Gasteiger partial charge in [-0.05, 0) is 15.3 Å². The Morgan fingerprint density at radius 1 is 1.91 bits per heavy atom. The molecule has 0 saturated carbocycles. The molecule has 0 unspecified atom stereocenters. The van der Waals surface area contributed by atoms with Gasteiger partial charge < -0.3 is 0 Å². The van der Waals surface area contributed by atoms with E-state index in [-0.39, 0.29) is 5.95 Å². The lowest BCUT2D eigenvalue weighted by molar-refractivity contribution is -0.540. The molecule has 8 heteroatoms. The first-order valence-corrected chi connectivity index (χ1v) is 2.49. The lowest BCUT2D eigenvalue weighted by Crippen LogP contribution is -2.05. The van der Waals surface area contributed by atoms with E-state index in [1.165, 1.54) is 6.20 Å². The Hall–Kier alpha value is -2.08. The predicted octanol–water partition coefficient (Wildman–Crippen LogP) is 0.865. The van der Waals surface area contributed by atoms with Gasteiger partial charge in [-0.25, -0.2) is 15.1 Å². The Labute approximate surface area is 59.8 Å². The van der Waals surface area contributed by atoms with Crippen LogP contribution in [0.4, 0.5) is 5.95 Å². The molecule has 0 aliphatic carbocycles. The third kappa shape index (κ3) is 1.25. The van der Waals surface area contributed by atoms with Gasteiger partial charge in [-0.3, -0.25) is 0 Å². The third-order valence-corrected chi connectivity index (χ3v) is 0.913. The average Bonchev–Trinajstić information content (AvgIpc) is 2.36. The van der Waals surface area contributed by atoms with Crippen LogP contribution in [0.3, 0.4) is 0 Å². The monoisotopic (exact) mass is 154 g/mol. The second kappa shape index (κ2) is 2.67. The van der Waals surface area contributed by atoms with Gasteiger partial charge in [-0.1, -0.05) is 0 Å². The van der Waals surface area contributed by atoms with Crippen molar-refractivity contribution in [2.24, 2.45) is 5.11 Å². The molecule has 0 radical (unpaired) electrons. The zero-order valence-corrected chi connectivity index (χ0v) is 5.15. The van der Waals surface area contributed by atoms with Crippen LogP contribution in [0.15, 0.2) is 17.5 Å². The van der Waals surface area contributed by atoms with E-state index in [0.29, 0.717) is 4.68 Å².